The Balaban J connectivity index is 0.00000392. The number of hydrogen-bond donors (Lipinski definition) is 2. The third kappa shape index (κ3) is 8.30. The number of nitrogens with one attached hydrogen (secondary N) is 2. The van der Waals surface area contributed by atoms with Crippen LogP contribution in [0.1, 0.15) is 34.6 Å². The highest BCUT2D eigenvalue weighted by Crippen LogP contribution is 2.16. The monoisotopic (exact) mass is 510 g/mol. The van der Waals surface area contributed by atoms with E-state index in [0.29, 0.717) is 6.04 Å². The van der Waals surface area contributed by atoms with Crippen molar-refractivity contribution >= 4 is 29.9 Å². The molecule has 2 fully saturated rings. The summed E-state index contributed by atoms with van der Waals surface area (Å²) < 4.78 is 5.49. The zero-order valence-corrected chi connectivity index (χ0v) is 21.0. The van der Waals surface area contributed by atoms with Gasteiger partial charge in [-0.3, -0.25) is 14.8 Å². The number of rotatable bonds is 8. The molecule has 2 rings (SSSR count). The van der Waals surface area contributed by atoms with Crippen molar-refractivity contribution in [2.75, 3.05) is 78.7 Å². The van der Waals surface area contributed by atoms with Crippen LogP contribution in [0.15, 0.2) is 4.99 Å². The molecule has 2 aliphatic heterocycles. The average molecular weight is 511 g/mol. The van der Waals surface area contributed by atoms with Gasteiger partial charge in [0.1, 0.15) is 0 Å². The van der Waals surface area contributed by atoms with Gasteiger partial charge in [0.2, 0.25) is 0 Å². The summed E-state index contributed by atoms with van der Waals surface area (Å²) in [6.45, 7) is 23.3. The molecule has 0 bridgehead atoms. The van der Waals surface area contributed by atoms with Crippen molar-refractivity contribution in [2.45, 2.75) is 46.2 Å². The third-order valence-corrected chi connectivity index (χ3v) is 5.88. The first-order valence-electron chi connectivity index (χ1n) is 10.8. The van der Waals surface area contributed by atoms with E-state index in [2.05, 4.69) is 60.0 Å². The van der Waals surface area contributed by atoms with Crippen LogP contribution in [0, 0.1) is 0 Å². The minimum atomic E-state index is 0. The fourth-order valence-electron chi connectivity index (χ4n) is 3.78. The number of likely N-dealkylation sites (N-methyl/N-ethyl adjacent to an activating group) is 1. The van der Waals surface area contributed by atoms with Gasteiger partial charge in [0, 0.05) is 63.9 Å². The van der Waals surface area contributed by atoms with Crippen LogP contribution >= 0.6 is 24.0 Å². The van der Waals surface area contributed by atoms with Crippen LogP contribution in [-0.4, -0.2) is 111 Å². The second-order valence-corrected chi connectivity index (χ2v) is 8.31. The van der Waals surface area contributed by atoms with E-state index < -0.39 is 0 Å². The lowest BCUT2D eigenvalue weighted by Gasteiger charge is -2.40. The molecule has 0 saturated carbocycles. The van der Waals surface area contributed by atoms with Crippen molar-refractivity contribution in [1.82, 2.24) is 25.3 Å². The molecular formula is C20H43IN6O. The SMILES string of the molecule is CCNC(=NCC(C)(C)N1CCOCC1)NCC(C)N1CCN(CC)CC1.I. The second kappa shape index (κ2) is 13.2. The number of halogens is 1. The van der Waals surface area contributed by atoms with Gasteiger partial charge < -0.3 is 20.3 Å². The van der Waals surface area contributed by atoms with Crippen molar-refractivity contribution in [3.05, 3.63) is 0 Å². The standard InChI is InChI=1S/C20H42N6O.HI/c1-6-21-19(23-17-20(4,5)26-12-14-27-15-13-26)22-16-18(3)25-10-8-24(7-2)9-11-25;/h18H,6-17H2,1-5H3,(H2,21,22,23);1H. The largest absolute Gasteiger partial charge is 0.379 e. The molecule has 166 valence electrons. The Bertz CT molecular complexity index is 448. The van der Waals surface area contributed by atoms with Gasteiger partial charge in [-0.05, 0) is 34.2 Å². The van der Waals surface area contributed by atoms with Gasteiger partial charge in [-0.25, -0.2) is 0 Å². The molecule has 28 heavy (non-hydrogen) atoms. The normalized spacial score (nSPS) is 21.8. The molecule has 1 atom stereocenters. The molecule has 0 aromatic rings. The molecule has 2 N–H and O–H groups in total. The van der Waals surface area contributed by atoms with Crippen LogP contribution in [0.4, 0.5) is 0 Å². The van der Waals surface area contributed by atoms with Crippen molar-refractivity contribution in [3.63, 3.8) is 0 Å². The Morgan fingerprint density at radius 2 is 1.68 bits per heavy atom. The van der Waals surface area contributed by atoms with E-state index in [-0.39, 0.29) is 29.5 Å². The van der Waals surface area contributed by atoms with Crippen LogP contribution < -0.4 is 10.6 Å². The zero-order chi connectivity index (χ0) is 19.7. The van der Waals surface area contributed by atoms with Crippen molar-refractivity contribution in [1.29, 1.82) is 0 Å². The summed E-state index contributed by atoms with van der Waals surface area (Å²) in [6.07, 6.45) is 0. The van der Waals surface area contributed by atoms with Crippen LogP contribution in [0.3, 0.4) is 0 Å². The van der Waals surface area contributed by atoms with Gasteiger partial charge in [-0.1, -0.05) is 6.92 Å². The first kappa shape index (κ1) is 25.9. The lowest BCUT2D eigenvalue weighted by Crippen LogP contribution is -2.54. The van der Waals surface area contributed by atoms with Crippen molar-refractivity contribution < 1.29 is 4.74 Å². The first-order chi connectivity index (χ1) is 13.0. The number of guanidine groups is 1. The number of piperazine rings is 1. The molecular weight excluding hydrogens is 467 g/mol. The molecule has 8 heteroatoms. The number of aliphatic imine (C=N–C) groups is 1. The number of nitrogens with zero attached hydrogens (tertiary/aromatic N) is 4. The van der Waals surface area contributed by atoms with Crippen LogP contribution in [0.5, 0.6) is 0 Å². The molecule has 1 unspecified atom stereocenters. The molecule has 0 aromatic carbocycles. The Kier molecular flexibility index (Phi) is 12.2. The predicted octanol–water partition coefficient (Wildman–Crippen LogP) is 1.30. The van der Waals surface area contributed by atoms with E-state index >= 15 is 0 Å². The Hall–Kier alpha value is -0.160. The topological polar surface area (TPSA) is 55.4 Å². The smallest absolute Gasteiger partial charge is 0.191 e. The molecule has 2 aliphatic rings. The minimum absolute atomic E-state index is 0. The van der Waals surface area contributed by atoms with Gasteiger partial charge in [0.25, 0.3) is 0 Å². The summed E-state index contributed by atoms with van der Waals surface area (Å²) in [4.78, 5) is 12.5. The van der Waals surface area contributed by atoms with Gasteiger partial charge >= 0.3 is 0 Å². The van der Waals surface area contributed by atoms with E-state index in [1.165, 1.54) is 13.1 Å². The summed E-state index contributed by atoms with van der Waals surface area (Å²) in [6, 6.07) is 0.514. The maximum atomic E-state index is 5.49. The Morgan fingerprint density at radius 1 is 1.04 bits per heavy atom. The fourth-order valence-corrected chi connectivity index (χ4v) is 3.78. The highest BCUT2D eigenvalue weighted by molar-refractivity contribution is 14.0. The molecule has 0 spiro atoms. The number of hydrogen-bond acceptors (Lipinski definition) is 5. The van der Waals surface area contributed by atoms with Crippen molar-refractivity contribution in [2.24, 2.45) is 4.99 Å². The summed E-state index contributed by atoms with van der Waals surface area (Å²) in [5.74, 6) is 0.929. The van der Waals surface area contributed by atoms with Gasteiger partial charge in [0.05, 0.1) is 19.8 Å². The van der Waals surface area contributed by atoms with E-state index in [1.807, 2.05) is 0 Å². The summed E-state index contributed by atoms with van der Waals surface area (Å²) in [5.41, 5.74) is 0.0498. The van der Waals surface area contributed by atoms with E-state index in [0.717, 1.165) is 71.5 Å². The van der Waals surface area contributed by atoms with Gasteiger partial charge in [-0.15, -0.1) is 24.0 Å². The third-order valence-electron chi connectivity index (χ3n) is 5.88. The van der Waals surface area contributed by atoms with E-state index in [4.69, 9.17) is 9.73 Å². The highest BCUT2D eigenvalue weighted by atomic mass is 127. The van der Waals surface area contributed by atoms with Gasteiger partial charge in [-0.2, -0.15) is 0 Å². The minimum Gasteiger partial charge on any atom is -0.379 e. The molecule has 0 aromatic heterocycles. The second-order valence-electron chi connectivity index (χ2n) is 8.31. The van der Waals surface area contributed by atoms with E-state index in [9.17, 15) is 0 Å². The summed E-state index contributed by atoms with van der Waals surface area (Å²) >= 11 is 0. The molecule has 2 heterocycles. The van der Waals surface area contributed by atoms with Gasteiger partial charge in [0.15, 0.2) is 5.96 Å². The maximum Gasteiger partial charge on any atom is 0.191 e. The lowest BCUT2D eigenvalue weighted by molar-refractivity contribution is -0.00684. The summed E-state index contributed by atoms with van der Waals surface area (Å²) in [7, 11) is 0. The molecule has 0 amide bonds. The maximum absolute atomic E-state index is 5.49. The van der Waals surface area contributed by atoms with Crippen LogP contribution in [0.2, 0.25) is 0 Å². The van der Waals surface area contributed by atoms with E-state index in [1.54, 1.807) is 0 Å². The molecule has 0 aliphatic carbocycles. The Labute approximate surface area is 189 Å². The lowest BCUT2D eigenvalue weighted by atomic mass is 10.0. The zero-order valence-electron chi connectivity index (χ0n) is 18.7. The molecule has 7 nitrogen and oxygen atoms in total. The number of morpholine rings is 1. The van der Waals surface area contributed by atoms with Crippen LogP contribution in [-0.2, 0) is 4.74 Å². The average Bonchev–Trinajstić information content (AvgIpc) is 2.70. The van der Waals surface area contributed by atoms with Crippen LogP contribution in [0.25, 0.3) is 0 Å². The molecule has 0 radical (unpaired) electrons. The van der Waals surface area contributed by atoms with Crippen molar-refractivity contribution in [3.8, 4) is 0 Å². The number of ether oxygens (including phenoxy) is 1. The quantitative estimate of drug-likeness (QED) is 0.292. The fraction of sp³-hybridized carbons (Fsp3) is 0.950. The predicted molar refractivity (Wildman–Crippen MR) is 129 cm³/mol. The Morgan fingerprint density at radius 3 is 2.25 bits per heavy atom. The highest BCUT2D eigenvalue weighted by Gasteiger charge is 2.28. The molecule has 2 saturated heterocycles. The summed E-state index contributed by atoms with van der Waals surface area (Å²) in [5, 5.41) is 6.96. The first-order valence-corrected chi connectivity index (χ1v) is 10.8.